The van der Waals surface area contributed by atoms with Gasteiger partial charge in [0.25, 0.3) is 0 Å². The fourth-order valence-electron chi connectivity index (χ4n) is 10.5. The number of rotatable bonds is 4. The second-order valence-corrected chi connectivity index (χ2v) is 17.0. The maximum absolute atomic E-state index is 6.93. The third-order valence-corrected chi connectivity index (χ3v) is 14.1. The number of hydrogen-bond acceptors (Lipinski definition) is 3. The second-order valence-electron chi connectivity index (χ2n) is 15.9. The van der Waals surface area contributed by atoms with Crippen LogP contribution in [0.15, 0.2) is 212 Å². The molecule has 0 saturated carbocycles. The summed E-state index contributed by atoms with van der Waals surface area (Å²) in [5.74, 6) is 1.84. The number of nitrogens with zero attached hydrogens (tertiary/aromatic N) is 1. The van der Waals surface area contributed by atoms with Gasteiger partial charge in [0.2, 0.25) is 0 Å². The molecule has 0 amide bonds. The quantitative estimate of drug-likeness (QED) is 0.176. The van der Waals surface area contributed by atoms with E-state index >= 15 is 0 Å². The van der Waals surface area contributed by atoms with E-state index in [0.717, 1.165) is 28.3 Å². The highest BCUT2D eigenvalue weighted by atomic mass is 32.1. The number of hydrogen-bond donors (Lipinski definition) is 0. The van der Waals surface area contributed by atoms with Gasteiger partial charge in [-0.25, -0.2) is 0 Å². The lowest BCUT2D eigenvalue weighted by Crippen LogP contribution is -2.32. The minimum Gasteiger partial charge on any atom is -0.456 e. The molecule has 2 aliphatic rings. The highest BCUT2D eigenvalue weighted by Gasteiger charge is 2.52. The topological polar surface area (TPSA) is 12.5 Å². The molecule has 13 rings (SSSR count). The van der Waals surface area contributed by atoms with Gasteiger partial charge in [-0.3, -0.25) is 0 Å². The average Bonchev–Trinajstić information content (AvgIpc) is 3.84. The minimum absolute atomic E-state index is 0.571. The zero-order chi connectivity index (χ0) is 39.4. The van der Waals surface area contributed by atoms with Crippen molar-refractivity contribution in [2.45, 2.75) is 5.41 Å². The monoisotopic (exact) mass is 781 g/mol. The molecular weight excluding hydrogens is 747 g/mol. The van der Waals surface area contributed by atoms with Crippen molar-refractivity contribution < 1.29 is 4.74 Å². The van der Waals surface area contributed by atoms with Gasteiger partial charge in [-0.2, -0.15) is 0 Å². The van der Waals surface area contributed by atoms with Gasteiger partial charge in [0.1, 0.15) is 11.5 Å². The van der Waals surface area contributed by atoms with E-state index in [1.54, 1.807) is 0 Å². The van der Waals surface area contributed by atoms with Crippen LogP contribution in [0.25, 0.3) is 64.0 Å². The summed E-state index contributed by atoms with van der Waals surface area (Å²) in [5.41, 5.74) is 12.8. The highest BCUT2D eigenvalue weighted by molar-refractivity contribution is 7.26. The van der Waals surface area contributed by atoms with Crippen LogP contribution in [0.5, 0.6) is 11.5 Å². The van der Waals surface area contributed by atoms with Crippen molar-refractivity contribution in [2.24, 2.45) is 0 Å². The molecule has 0 N–H and O–H groups in total. The molecule has 11 aromatic rings. The normalized spacial score (nSPS) is 14.9. The maximum atomic E-state index is 6.93. The minimum atomic E-state index is -0.571. The van der Waals surface area contributed by atoms with Gasteiger partial charge in [0.05, 0.1) is 16.8 Å². The van der Waals surface area contributed by atoms with E-state index in [1.165, 1.54) is 86.5 Å². The summed E-state index contributed by atoms with van der Waals surface area (Å²) in [7, 11) is 0. The lowest BCUT2D eigenvalue weighted by atomic mass is 9.65. The SMILES string of the molecule is c1ccc(N(c2ccc(-c3cccc4c3-c3ccccc3C43c4ccccc4Oc4c3ccc3ccccc43)c3ccccc23)c2cccc3sc4ccccc4c23)cc1. The Balaban J connectivity index is 1.08. The molecule has 10 aromatic carbocycles. The molecular formula is C57H35NOS. The summed E-state index contributed by atoms with van der Waals surface area (Å²) in [4.78, 5) is 2.47. The number of ether oxygens (including phenoxy) is 1. The highest BCUT2D eigenvalue weighted by Crippen LogP contribution is 2.64. The van der Waals surface area contributed by atoms with Gasteiger partial charge in [0, 0.05) is 47.8 Å². The molecule has 1 aliphatic heterocycles. The summed E-state index contributed by atoms with van der Waals surface area (Å²) < 4.78 is 9.51. The summed E-state index contributed by atoms with van der Waals surface area (Å²) in [6, 6.07) is 77.9. The first-order valence-corrected chi connectivity index (χ1v) is 21.4. The Morgan fingerprint density at radius 2 is 1.05 bits per heavy atom. The Hall–Kier alpha value is -7.46. The van der Waals surface area contributed by atoms with E-state index in [-0.39, 0.29) is 0 Å². The van der Waals surface area contributed by atoms with Crippen LogP contribution in [-0.2, 0) is 5.41 Å². The molecule has 2 nitrogen and oxygen atoms in total. The largest absolute Gasteiger partial charge is 0.456 e. The number of thiophene rings is 1. The molecule has 0 bridgehead atoms. The Labute approximate surface area is 351 Å². The smallest absolute Gasteiger partial charge is 0.140 e. The van der Waals surface area contributed by atoms with Gasteiger partial charge in [-0.15, -0.1) is 11.3 Å². The molecule has 3 heteroatoms. The summed E-state index contributed by atoms with van der Waals surface area (Å²) >= 11 is 1.86. The molecule has 0 radical (unpaired) electrons. The van der Waals surface area contributed by atoms with Crippen molar-refractivity contribution in [3.8, 4) is 33.8 Å². The standard InChI is InChI=1S/C57H35NOS/c1-2-17-37(18-3-1)58(50-28-15-31-53-55(50)44-23-9-13-30-52(44)60-53)49-35-33-40(39-20-6-7-21-41(39)49)42-24-14-27-47-54(42)43-22-8-10-25-45(43)57(47)46-26-11-12-29-51(46)59-56-38-19-5-4-16-36(38)32-34-48(56)57/h1-35H. The lowest BCUT2D eigenvalue weighted by molar-refractivity contribution is 0.441. The van der Waals surface area contributed by atoms with Crippen molar-refractivity contribution in [1.29, 1.82) is 0 Å². The van der Waals surface area contributed by atoms with Crippen LogP contribution in [-0.4, -0.2) is 0 Å². The van der Waals surface area contributed by atoms with Crippen LogP contribution in [0.4, 0.5) is 17.1 Å². The van der Waals surface area contributed by atoms with E-state index < -0.39 is 5.41 Å². The summed E-state index contributed by atoms with van der Waals surface area (Å²) in [6.07, 6.45) is 0. The van der Waals surface area contributed by atoms with E-state index in [0.29, 0.717) is 0 Å². The lowest BCUT2D eigenvalue weighted by Gasteiger charge is -2.39. The Morgan fingerprint density at radius 1 is 0.383 bits per heavy atom. The molecule has 1 unspecified atom stereocenters. The molecule has 60 heavy (non-hydrogen) atoms. The van der Waals surface area contributed by atoms with Crippen molar-refractivity contribution in [2.75, 3.05) is 4.90 Å². The predicted octanol–water partition coefficient (Wildman–Crippen LogP) is 16.0. The van der Waals surface area contributed by atoms with Crippen molar-refractivity contribution in [3.63, 3.8) is 0 Å². The van der Waals surface area contributed by atoms with E-state index in [2.05, 4.69) is 217 Å². The molecule has 1 aliphatic carbocycles. The van der Waals surface area contributed by atoms with Gasteiger partial charge in [0.15, 0.2) is 0 Å². The first-order valence-electron chi connectivity index (χ1n) is 20.6. The Bertz CT molecular complexity index is 3550. The number of benzene rings is 10. The Morgan fingerprint density at radius 3 is 1.95 bits per heavy atom. The predicted molar refractivity (Wildman–Crippen MR) is 252 cm³/mol. The van der Waals surface area contributed by atoms with Crippen LogP contribution in [0.3, 0.4) is 0 Å². The molecule has 0 saturated heterocycles. The van der Waals surface area contributed by atoms with Gasteiger partial charge in [-0.1, -0.05) is 170 Å². The second kappa shape index (κ2) is 12.8. The van der Waals surface area contributed by atoms with Crippen LogP contribution >= 0.6 is 11.3 Å². The molecule has 0 fully saturated rings. The number of anilines is 3. The zero-order valence-corrected chi connectivity index (χ0v) is 33.3. The first-order chi connectivity index (χ1) is 29.8. The van der Waals surface area contributed by atoms with Gasteiger partial charge in [-0.05, 0) is 86.6 Å². The van der Waals surface area contributed by atoms with Crippen molar-refractivity contribution in [1.82, 2.24) is 0 Å². The molecule has 1 aromatic heterocycles. The number of para-hydroxylation sites is 2. The number of fused-ring (bicyclic) bond motifs is 15. The third-order valence-electron chi connectivity index (χ3n) is 12.9. The zero-order valence-electron chi connectivity index (χ0n) is 32.5. The maximum Gasteiger partial charge on any atom is 0.140 e. The van der Waals surface area contributed by atoms with Gasteiger partial charge >= 0.3 is 0 Å². The molecule has 280 valence electrons. The fourth-order valence-corrected chi connectivity index (χ4v) is 11.7. The van der Waals surface area contributed by atoms with Crippen LogP contribution in [0.1, 0.15) is 22.3 Å². The molecule has 2 heterocycles. The van der Waals surface area contributed by atoms with Crippen LogP contribution in [0, 0.1) is 0 Å². The molecule has 1 spiro atoms. The molecule has 1 atom stereocenters. The third kappa shape index (κ3) is 4.53. The Kier molecular flexibility index (Phi) is 7.13. The van der Waals surface area contributed by atoms with E-state index in [4.69, 9.17) is 4.74 Å². The summed E-state index contributed by atoms with van der Waals surface area (Å²) in [6.45, 7) is 0. The van der Waals surface area contributed by atoms with Crippen LogP contribution in [0.2, 0.25) is 0 Å². The van der Waals surface area contributed by atoms with Crippen molar-refractivity contribution >= 4 is 70.1 Å². The fraction of sp³-hybridized carbons (Fsp3) is 0.0175. The van der Waals surface area contributed by atoms with E-state index in [1.807, 2.05) is 11.3 Å². The average molecular weight is 782 g/mol. The first kappa shape index (κ1) is 33.5. The van der Waals surface area contributed by atoms with Crippen LogP contribution < -0.4 is 9.64 Å². The summed E-state index contributed by atoms with van der Waals surface area (Å²) in [5, 5.41) is 7.27. The van der Waals surface area contributed by atoms with Gasteiger partial charge < -0.3 is 9.64 Å². The van der Waals surface area contributed by atoms with E-state index in [9.17, 15) is 0 Å². The van der Waals surface area contributed by atoms with Crippen molar-refractivity contribution in [3.05, 3.63) is 235 Å².